The Labute approximate surface area is 144 Å². The molecule has 3 rings (SSSR count). The number of fused-ring (bicyclic) bond motifs is 1. The second-order valence-electron chi connectivity index (χ2n) is 4.89. The number of benzene rings is 1. The number of nitrogens with zero attached hydrogens (tertiary/aromatic N) is 1. The number of rotatable bonds is 4. The number of hydrogen-bond acceptors (Lipinski definition) is 4. The highest BCUT2D eigenvalue weighted by Crippen LogP contribution is 2.22. The molecule has 0 unspecified atom stereocenters. The lowest BCUT2D eigenvalue weighted by Crippen LogP contribution is -2.41. The first kappa shape index (κ1) is 15.7. The fourth-order valence-electron chi connectivity index (χ4n) is 2.01. The minimum atomic E-state index is -0.684. The summed E-state index contributed by atoms with van der Waals surface area (Å²) in [5, 5.41) is 5.33. The smallest absolute Gasteiger partial charge is 0.262 e. The fourth-order valence-corrected chi connectivity index (χ4v) is 3.30. The summed E-state index contributed by atoms with van der Waals surface area (Å²) in [6, 6.07) is 10.3. The molecule has 0 aliphatic heterocycles. The average molecular weight is 393 g/mol. The predicted molar refractivity (Wildman–Crippen MR) is 93.7 cm³/mol. The summed E-state index contributed by atoms with van der Waals surface area (Å²) in [7, 11) is 0. The van der Waals surface area contributed by atoms with Gasteiger partial charge in [-0.15, -0.1) is 11.3 Å². The number of aromatic amines is 1. The fraction of sp³-hybridized carbons (Fsp3) is 0.133. The van der Waals surface area contributed by atoms with Gasteiger partial charge < -0.3 is 10.3 Å². The number of thiophene rings is 1. The van der Waals surface area contributed by atoms with Gasteiger partial charge in [0.25, 0.3) is 5.91 Å². The van der Waals surface area contributed by atoms with E-state index in [1.54, 1.807) is 19.1 Å². The van der Waals surface area contributed by atoms with Gasteiger partial charge in [0.2, 0.25) is 11.9 Å². The van der Waals surface area contributed by atoms with Gasteiger partial charge in [0, 0.05) is 0 Å². The van der Waals surface area contributed by atoms with E-state index >= 15 is 0 Å². The lowest BCUT2D eigenvalue weighted by atomic mass is 10.3. The van der Waals surface area contributed by atoms with E-state index in [9.17, 15) is 9.59 Å². The van der Waals surface area contributed by atoms with Gasteiger partial charge in [0.1, 0.15) is 6.04 Å². The van der Waals surface area contributed by atoms with E-state index in [-0.39, 0.29) is 11.8 Å². The van der Waals surface area contributed by atoms with Crippen LogP contribution in [0.2, 0.25) is 0 Å². The van der Waals surface area contributed by atoms with Crippen LogP contribution in [0.3, 0.4) is 0 Å². The Balaban J connectivity index is 1.64. The van der Waals surface area contributed by atoms with Gasteiger partial charge in [-0.2, -0.15) is 0 Å². The second-order valence-corrected chi connectivity index (χ2v) is 7.35. The van der Waals surface area contributed by atoms with E-state index in [1.807, 2.05) is 24.3 Å². The van der Waals surface area contributed by atoms with Crippen molar-refractivity contribution in [3.63, 3.8) is 0 Å². The number of aromatic nitrogens is 2. The van der Waals surface area contributed by atoms with E-state index in [0.717, 1.165) is 14.8 Å². The largest absolute Gasteiger partial charge is 0.340 e. The first-order valence-corrected chi connectivity index (χ1v) is 8.45. The van der Waals surface area contributed by atoms with E-state index in [2.05, 4.69) is 36.5 Å². The van der Waals surface area contributed by atoms with Gasteiger partial charge in [-0.25, -0.2) is 4.98 Å². The maximum absolute atomic E-state index is 12.2. The topological polar surface area (TPSA) is 86.9 Å². The van der Waals surface area contributed by atoms with Crippen LogP contribution in [-0.2, 0) is 4.79 Å². The Morgan fingerprint density at radius 3 is 2.74 bits per heavy atom. The average Bonchev–Trinajstić information content (AvgIpc) is 3.12. The van der Waals surface area contributed by atoms with Crippen LogP contribution in [0.4, 0.5) is 5.95 Å². The molecule has 0 radical (unpaired) electrons. The van der Waals surface area contributed by atoms with Crippen LogP contribution in [0.5, 0.6) is 0 Å². The number of para-hydroxylation sites is 2. The van der Waals surface area contributed by atoms with Gasteiger partial charge in [-0.3, -0.25) is 14.9 Å². The van der Waals surface area contributed by atoms with Crippen molar-refractivity contribution in [2.45, 2.75) is 13.0 Å². The van der Waals surface area contributed by atoms with Crippen molar-refractivity contribution in [1.29, 1.82) is 0 Å². The van der Waals surface area contributed by atoms with Crippen molar-refractivity contribution in [3.05, 3.63) is 45.1 Å². The number of H-pyrrole nitrogens is 1. The molecule has 0 aliphatic carbocycles. The molecule has 0 spiro atoms. The van der Waals surface area contributed by atoms with Crippen LogP contribution in [0.25, 0.3) is 11.0 Å². The van der Waals surface area contributed by atoms with Crippen molar-refractivity contribution < 1.29 is 9.59 Å². The van der Waals surface area contributed by atoms with Crippen LogP contribution >= 0.6 is 27.3 Å². The van der Waals surface area contributed by atoms with Gasteiger partial charge in [-0.1, -0.05) is 12.1 Å². The van der Waals surface area contributed by atoms with Gasteiger partial charge in [-0.05, 0) is 47.1 Å². The molecule has 23 heavy (non-hydrogen) atoms. The van der Waals surface area contributed by atoms with Crippen molar-refractivity contribution in [2.75, 3.05) is 5.32 Å². The van der Waals surface area contributed by atoms with Crippen LogP contribution in [0.1, 0.15) is 16.6 Å². The zero-order chi connectivity index (χ0) is 16.4. The molecule has 0 aliphatic rings. The molecule has 1 aromatic carbocycles. The molecule has 0 bridgehead atoms. The maximum Gasteiger partial charge on any atom is 0.262 e. The summed E-state index contributed by atoms with van der Waals surface area (Å²) in [6.07, 6.45) is 0. The minimum absolute atomic E-state index is 0.284. The molecule has 3 aromatic rings. The molecule has 8 heteroatoms. The Morgan fingerprint density at radius 2 is 2.04 bits per heavy atom. The molecule has 2 amide bonds. The summed E-state index contributed by atoms with van der Waals surface area (Å²) in [6.45, 7) is 1.62. The van der Waals surface area contributed by atoms with Crippen molar-refractivity contribution in [1.82, 2.24) is 15.3 Å². The number of hydrogen-bond donors (Lipinski definition) is 3. The van der Waals surface area contributed by atoms with Gasteiger partial charge in [0.15, 0.2) is 0 Å². The highest BCUT2D eigenvalue weighted by Gasteiger charge is 2.18. The second kappa shape index (κ2) is 6.51. The summed E-state index contributed by atoms with van der Waals surface area (Å²) < 4.78 is 0.863. The first-order chi connectivity index (χ1) is 11.0. The number of anilines is 1. The Kier molecular flexibility index (Phi) is 4.44. The molecule has 0 fully saturated rings. The third kappa shape index (κ3) is 3.59. The molecular formula is C15H13BrN4O2S. The van der Waals surface area contributed by atoms with E-state index in [0.29, 0.717) is 10.8 Å². The molecule has 3 N–H and O–H groups in total. The highest BCUT2D eigenvalue weighted by molar-refractivity contribution is 9.11. The first-order valence-electron chi connectivity index (χ1n) is 6.85. The Morgan fingerprint density at radius 1 is 1.26 bits per heavy atom. The summed E-state index contributed by atoms with van der Waals surface area (Å²) in [5.74, 6) is -0.267. The monoisotopic (exact) mass is 392 g/mol. The third-order valence-corrected chi connectivity index (χ3v) is 4.79. The molecule has 0 saturated heterocycles. The Bertz CT molecular complexity index is 840. The lowest BCUT2D eigenvalue weighted by Gasteiger charge is -2.12. The summed E-state index contributed by atoms with van der Waals surface area (Å²) in [4.78, 5) is 32.0. The maximum atomic E-state index is 12.2. The minimum Gasteiger partial charge on any atom is -0.340 e. The number of carbonyl (C=O) groups is 2. The number of halogens is 1. The molecule has 6 nitrogen and oxygen atoms in total. The number of carbonyl (C=O) groups excluding carboxylic acids is 2. The third-order valence-electron chi connectivity index (χ3n) is 3.17. The zero-order valence-electron chi connectivity index (χ0n) is 12.1. The quantitative estimate of drug-likeness (QED) is 0.637. The number of imidazole rings is 1. The lowest BCUT2D eigenvalue weighted by molar-refractivity contribution is -0.117. The van der Waals surface area contributed by atoms with E-state index in [4.69, 9.17) is 0 Å². The predicted octanol–water partition coefficient (Wildman–Crippen LogP) is 3.14. The normalized spacial score (nSPS) is 12.1. The molecule has 2 heterocycles. The van der Waals surface area contributed by atoms with E-state index < -0.39 is 6.04 Å². The molecule has 2 aromatic heterocycles. The zero-order valence-corrected chi connectivity index (χ0v) is 14.5. The Hall–Kier alpha value is -2.19. The van der Waals surface area contributed by atoms with Gasteiger partial charge >= 0.3 is 0 Å². The standard InChI is InChI=1S/C15H13BrN4O2S/c1-8(17-14(22)11-6-7-12(16)23-11)13(21)20-15-18-9-4-2-3-5-10(9)19-15/h2-8H,1H3,(H,17,22)(H2,18,19,20,21)/t8-/m0/s1. The number of nitrogens with one attached hydrogen (secondary N) is 3. The van der Waals surface area contributed by atoms with Crippen LogP contribution in [-0.4, -0.2) is 27.8 Å². The molecule has 118 valence electrons. The van der Waals surface area contributed by atoms with Crippen LogP contribution < -0.4 is 10.6 Å². The molecular weight excluding hydrogens is 380 g/mol. The van der Waals surface area contributed by atoms with Crippen molar-refractivity contribution in [3.8, 4) is 0 Å². The van der Waals surface area contributed by atoms with Crippen LogP contribution in [0, 0.1) is 0 Å². The molecule has 1 atom stereocenters. The van der Waals surface area contributed by atoms with Crippen molar-refractivity contribution >= 4 is 56.1 Å². The number of amides is 2. The van der Waals surface area contributed by atoms with Gasteiger partial charge in [0.05, 0.1) is 19.7 Å². The molecule has 0 saturated carbocycles. The summed E-state index contributed by atoms with van der Waals surface area (Å²) >= 11 is 4.61. The van der Waals surface area contributed by atoms with Crippen molar-refractivity contribution in [2.24, 2.45) is 0 Å². The SMILES string of the molecule is C[C@H](NC(=O)c1ccc(Br)s1)C(=O)Nc1nc2ccccc2[nH]1. The summed E-state index contributed by atoms with van der Waals surface area (Å²) in [5.41, 5.74) is 1.60. The van der Waals surface area contributed by atoms with E-state index in [1.165, 1.54) is 11.3 Å². The highest BCUT2D eigenvalue weighted by atomic mass is 79.9. The van der Waals surface area contributed by atoms with Crippen LogP contribution in [0.15, 0.2) is 40.2 Å².